The molecule has 0 saturated carbocycles. The quantitative estimate of drug-likeness (QED) is 0.179. The highest BCUT2D eigenvalue weighted by Crippen LogP contribution is 2.39. The topological polar surface area (TPSA) is 122 Å². The molecule has 0 aromatic heterocycles. The first kappa shape index (κ1) is 31.7. The van der Waals surface area contributed by atoms with Gasteiger partial charge in [0.1, 0.15) is 0 Å². The molecule has 1 aromatic carbocycles. The molecule has 38 heavy (non-hydrogen) atoms. The summed E-state index contributed by atoms with van der Waals surface area (Å²) < 4.78 is 38.3. The Hall–Kier alpha value is -2.54. The highest BCUT2D eigenvalue weighted by Gasteiger charge is 2.39. The van der Waals surface area contributed by atoms with Gasteiger partial charge in [0.05, 0.1) is 45.6 Å². The summed E-state index contributed by atoms with van der Waals surface area (Å²) in [5.41, 5.74) is 1.32. The predicted molar refractivity (Wildman–Crippen MR) is 137 cm³/mol. The van der Waals surface area contributed by atoms with Crippen LogP contribution in [0.3, 0.4) is 0 Å². The van der Waals surface area contributed by atoms with Crippen LogP contribution in [0.25, 0.3) is 0 Å². The maximum absolute atomic E-state index is 13.3. The lowest BCUT2D eigenvalue weighted by atomic mass is 9.81. The number of methoxy groups -OCH3 is 3. The number of amides is 1. The Bertz CT molecular complexity index is 871. The van der Waals surface area contributed by atoms with Crippen molar-refractivity contribution >= 4 is 11.9 Å². The number of benzene rings is 1. The minimum absolute atomic E-state index is 0.0356. The summed E-state index contributed by atoms with van der Waals surface area (Å²) in [6.07, 6.45) is 1.10. The van der Waals surface area contributed by atoms with Crippen molar-refractivity contribution in [2.75, 3.05) is 74.6 Å². The van der Waals surface area contributed by atoms with Crippen LogP contribution in [0.5, 0.6) is 0 Å². The zero-order valence-electron chi connectivity index (χ0n) is 22.9. The van der Waals surface area contributed by atoms with E-state index in [1.807, 2.05) is 19.1 Å². The number of nitrogens with zero attached hydrogens (tertiary/aromatic N) is 1. The molecule has 0 spiro atoms. The van der Waals surface area contributed by atoms with Crippen LogP contribution in [0.4, 0.5) is 0 Å². The lowest BCUT2D eigenvalue weighted by molar-refractivity contribution is -0.174. The molecule has 1 aliphatic rings. The summed E-state index contributed by atoms with van der Waals surface area (Å²) in [5, 5.41) is 8.82. The van der Waals surface area contributed by atoms with Gasteiger partial charge in [-0.15, -0.1) is 0 Å². The van der Waals surface area contributed by atoms with E-state index in [9.17, 15) is 9.59 Å². The molecule has 11 heteroatoms. The monoisotopic (exact) mass is 539 g/mol. The average Bonchev–Trinajstić information content (AvgIpc) is 2.95. The van der Waals surface area contributed by atoms with E-state index in [0.29, 0.717) is 38.4 Å². The zero-order chi connectivity index (χ0) is 27.9. The van der Waals surface area contributed by atoms with Crippen molar-refractivity contribution in [1.82, 2.24) is 4.90 Å². The molecule has 0 fully saturated rings. The zero-order valence-corrected chi connectivity index (χ0v) is 22.9. The van der Waals surface area contributed by atoms with Crippen LogP contribution in [0.1, 0.15) is 35.2 Å². The highest BCUT2D eigenvalue weighted by atomic mass is 16.7. The second-order valence-corrected chi connectivity index (χ2v) is 8.60. The number of hydrogen-bond donors (Lipinski definition) is 1. The Morgan fingerprint density at radius 1 is 1.03 bits per heavy atom. The molecule has 0 bridgehead atoms. The van der Waals surface area contributed by atoms with Gasteiger partial charge in [0.2, 0.25) is 6.29 Å². The fraction of sp³-hybridized carbons (Fsp3) is 0.630. The van der Waals surface area contributed by atoms with Crippen LogP contribution in [0.2, 0.25) is 0 Å². The van der Waals surface area contributed by atoms with E-state index in [1.165, 1.54) is 26.2 Å². The number of hydrogen-bond acceptors (Lipinski definition) is 10. The van der Waals surface area contributed by atoms with Gasteiger partial charge in [0.25, 0.3) is 5.91 Å². The fourth-order valence-electron chi connectivity index (χ4n) is 4.12. The fourth-order valence-corrected chi connectivity index (χ4v) is 4.12. The maximum Gasteiger partial charge on any atom is 0.337 e. The predicted octanol–water partition coefficient (Wildman–Crippen LogP) is 1.94. The van der Waals surface area contributed by atoms with Crippen molar-refractivity contribution in [2.24, 2.45) is 5.92 Å². The Morgan fingerprint density at radius 3 is 2.26 bits per heavy atom. The molecule has 0 radical (unpaired) electrons. The normalized spacial score (nSPS) is 19.1. The standard InChI is InChI=1S/C27H41NO10/c1-6-37-27-21(11-13-35-15-16-36-14-12-29)22(19-7-9-20(10-8-19)26(31)34-5)17-23(38-27)25(30)28(2)18-24(32-3)33-4/h7-10,17,21-22,24,27,29H,6,11-16,18H2,1-5H3. The van der Waals surface area contributed by atoms with E-state index in [-0.39, 0.29) is 43.3 Å². The van der Waals surface area contributed by atoms with Gasteiger partial charge in [-0.3, -0.25) is 4.79 Å². The van der Waals surface area contributed by atoms with Gasteiger partial charge >= 0.3 is 5.97 Å². The van der Waals surface area contributed by atoms with Crippen LogP contribution >= 0.6 is 0 Å². The number of carbonyl (C=O) groups excluding carboxylic acids is 2. The van der Waals surface area contributed by atoms with Crippen LogP contribution in [0.15, 0.2) is 36.1 Å². The molecule has 3 unspecified atom stereocenters. The summed E-state index contributed by atoms with van der Waals surface area (Å²) in [7, 11) is 5.99. The number of aliphatic hydroxyl groups excluding tert-OH is 1. The minimum atomic E-state index is -0.697. The minimum Gasteiger partial charge on any atom is -0.465 e. The van der Waals surface area contributed by atoms with Gasteiger partial charge in [-0.25, -0.2) is 4.79 Å². The second kappa shape index (κ2) is 17.1. The highest BCUT2D eigenvalue weighted by molar-refractivity contribution is 5.91. The molecular weight excluding hydrogens is 498 g/mol. The summed E-state index contributed by atoms with van der Waals surface area (Å²) in [6, 6.07) is 7.08. The third-order valence-electron chi connectivity index (χ3n) is 6.14. The molecule has 3 atom stereocenters. The van der Waals surface area contributed by atoms with Crippen molar-refractivity contribution in [3.8, 4) is 0 Å². The maximum atomic E-state index is 13.3. The summed E-state index contributed by atoms with van der Waals surface area (Å²) in [5.74, 6) is -1.03. The molecule has 1 heterocycles. The van der Waals surface area contributed by atoms with Gasteiger partial charge in [-0.05, 0) is 37.1 Å². The van der Waals surface area contributed by atoms with E-state index >= 15 is 0 Å². The SMILES string of the molecule is CCOC1OC(C(=O)N(C)CC(OC)OC)=CC(c2ccc(C(=O)OC)cc2)C1CCOCCOCCO. The van der Waals surface area contributed by atoms with Crippen molar-refractivity contribution < 1.29 is 47.9 Å². The van der Waals surface area contributed by atoms with E-state index < -0.39 is 18.5 Å². The van der Waals surface area contributed by atoms with Crippen LogP contribution in [-0.4, -0.2) is 109 Å². The Balaban J connectivity index is 2.30. The number of allylic oxidation sites excluding steroid dienone is 1. The Kier molecular flexibility index (Phi) is 14.3. The van der Waals surface area contributed by atoms with E-state index in [1.54, 1.807) is 25.3 Å². The molecular formula is C27H41NO10. The van der Waals surface area contributed by atoms with Crippen molar-refractivity contribution in [2.45, 2.75) is 31.8 Å². The lowest BCUT2D eigenvalue weighted by Crippen LogP contribution is -2.42. The molecule has 2 rings (SSSR count). The molecule has 0 saturated heterocycles. The van der Waals surface area contributed by atoms with Gasteiger partial charge in [0, 0.05) is 46.3 Å². The van der Waals surface area contributed by atoms with E-state index in [0.717, 1.165) is 5.56 Å². The number of likely N-dealkylation sites (N-methyl/N-ethyl adjacent to an activating group) is 1. The number of ether oxygens (including phenoxy) is 7. The summed E-state index contributed by atoms with van der Waals surface area (Å²) in [6.45, 7) is 3.87. The molecule has 1 aliphatic heterocycles. The van der Waals surface area contributed by atoms with Gasteiger partial charge in [-0.2, -0.15) is 0 Å². The Morgan fingerprint density at radius 2 is 1.68 bits per heavy atom. The van der Waals surface area contributed by atoms with Gasteiger partial charge in [0.15, 0.2) is 12.0 Å². The van der Waals surface area contributed by atoms with Crippen molar-refractivity contribution in [3.63, 3.8) is 0 Å². The third kappa shape index (κ3) is 9.33. The molecule has 11 nitrogen and oxygen atoms in total. The van der Waals surface area contributed by atoms with Gasteiger partial charge in [-0.1, -0.05) is 12.1 Å². The van der Waals surface area contributed by atoms with Crippen molar-refractivity contribution in [1.29, 1.82) is 0 Å². The molecule has 0 aliphatic carbocycles. The van der Waals surface area contributed by atoms with Gasteiger partial charge < -0.3 is 43.2 Å². The van der Waals surface area contributed by atoms with Crippen LogP contribution in [-0.2, 0) is 38.0 Å². The molecule has 1 amide bonds. The van der Waals surface area contributed by atoms with E-state index in [2.05, 4.69) is 0 Å². The molecule has 1 aromatic rings. The number of carbonyl (C=O) groups is 2. The number of esters is 1. The summed E-state index contributed by atoms with van der Waals surface area (Å²) in [4.78, 5) is 26.7. The van der Waals surface area contributed by atoms with Crippen LogP contribution < -0.4 is 0 Å². The first-order valence-corrected chi connectivity index (χ1v) is 12.7. The van der Waals surface area contributed by atoms with Crippen LogP contribution in [0, 0.1) is 5.92 Å². The molecule has 214 valence electrons. The number of rotatable bonds is 17. The first-order valence-electron chi connectivity index (χ1n) is 12.7. The summed E-state index contributed by atoms with van der Waals surface area (Å²) >= 11 is 0. The largest absolute Gasteiger partial charge is 0.465 e. The average molecular weight is 540 g/mol. The first-order chi connectivity index (χ1) is 18.4. The Labute approximate surface area is 224 Å². The van der Waals surface area contributed by atoms with Crippen molar-refractivity contribution in [3.05, 3.63) is 47.2 Å². The molecule has 1 N–H and O–H groups in total. The van der Waals surface area contributed by atoms with E-state index in [4.69, 9.17) is 38.3 Å². The smallest absolute Gasteiger partial charge is 0.337 e. The second-order valence-electron chi connectivity index (χ2n) is 8.60. The number of aliphatic hydroxyl groups is 1. The third-order valence-corrected chi connectivity index (χ3v) is 6.14. The lowest BCUT2D eigenvalue weighted by Gasteiger charge is -2.38.